The highest BCUT2D eigenvalue weighted by molar-refractivity contribution is 7.12. The standard InChI is InChI=1S/C13H22N2S/c1-4-12-6-7-13(16-12)10(3)15(5-2)11-8-14-9-11/h6-7,10-11,14H,4-5,8-9H2,1-3H3. The maximum Gasteiger partial charge on any atom is 0.0417 e. The van der Waals surface area contributed by atoms with Crippen LogP contribution in [0.15, 0.2) is 12.1 Å². The Bertz CT molecular complexity index is 330. The summed E-state index contributed by atoms with van der Waals surface area (Å²) in [7, 11) is 0. The van der Waals surface area contributed by atoms with E-state index in [0.717, 1.165) is 32.1 Å². The molecule has 2 rings (SSSR count). The van der Waals surface area contributed by atoms with E-state index in [1.165, 1.54) is 9.75 Å². The molecule has 1 fully saturated rings. The van der Waals surface area contributed by atoms with Gasteiger partial charge in [-0.1, -0.05) is 13.8 Å². The monoisotopic (exact) mass is 238 g/mol. The third kappa shape index (κ3) is 2.31. The van der Waals surface area contributed by atoms with Crippen molar-refractivity contribution in [1.82, 2.24) is 10.2 Å². The zero-order valence-electron chi connectivity index (χ0n) is 10.5. The average molecular weight is 238 g/mol. The molecule has 0 bridgehead atoms. The van der Waals surface area contributed by atoms with Crippen molar-refractivity contribution in [1.29, 1.82) is 0 Å². The van der Waals surface area contributed by atoms with Gasteiger partial charge in [-0.05, 0) is 32.0 Å². The van der Waals surface area contributed by atoms with Gasteiger partial charge in [0.05, 0.1) is 0 Å². The van der Waals surface area contributed by atoms with Gasteiger partial charge in [-0.25, -0.2) is 0 Å². The van der Waals surface area contributed by atoms with Crippen molar-refractivity contribution in [3.63, 3.8) is 0 Å². The molecule has 1 N–H and O–H groups in total. The summed E-state index contributed by atoms with van der Waals surface area (Å²) in [6, 6.07) is 5.90. The van der Waals surface area contributed by atoms with Crippen LogP contribution in [0, 0.1) is 0 Å². The van der Waals surface area contributed by atoms with Gasteiger partial charge in [0.15, 0.2) is 0 Å². The van der Waals surface area contributed by atoms with Crippen LogP contribution in [0.25, 0.3) is 0 Å². The molecule has 90 valence electrons. The molecule has 1 unspecified atom stereocenters. The van der Waals surface area contributed by atoms with Crippen LogP contribution in [-0.4, -0.2) is 30.6 Å². The summed E-state index contributed by atoms with van der Waals surface area (Å²) in [6.07, 6.45) is 1.16. The van der Waals surface area contributed by atoms with Crippen LogP contribution in [-0.2, 0) is 6.42 Å². The number of aryl methyl sites for hydroxylation is 1. The molecule has 0 radical (unpaired) electrons. The minimum Gasteiger partial charge on any atom is -0.314 e. The number of thiophene rings is 1. The lowest BCUT2D eigenvalue weighted by Gasteiger charge is -2.41. The van der Waals surface area contributed by atoms with Crippen molar-refractivity contribution < 1.29 is 0 Å². The largest absolute Gasteiger partial charge is 0.314 e. The van der Waals surface area contributed by atoms with E-state index < -0.39 is 0 Å². The summed E-state index contributed by atoms with van der Waals surface area (Å²) >= 11 is 1.97. The van der Waals surface area contributed by atoms with Gasteiger partial charge < -0.3 is 5.32 Å². The minimum atomic E-state index is 0.572. The third-order valence-electron chi connectivity index (χ3n) is 3.53. The van der Waals surface area contributed by atoms with Crippen LogP contribution >= 0.6 is 11.3 Å². The van der Waals surface area contributed by atoms with Crippen LogP contribution < -0.4 is 5.32 Å². The van der Waals surface area contributed by atoms with Crippen molar-refractivity contribution >= 4 is 11.3 Å². The van der Waals surface area contributed by atoms with Gasteiger partial charge in [-0.15, -0.1) is 11.3 Å². The van der Waals surface area contributed by atoms with Gasteiger partial charge in [-0.2, -0.15) is 0 Å². The first-order chi connectivity index (χ1) is 7.76. The van der Waals surface area contributed by atoms with E-state index in [2.05, 4.69) is 43.1 Å². The van der Waals surface area contributed by atoms with E-state index >= 15 is 0 Å². The first-order valence-corrected chi connectivity index (χ1v) is 7.13. The Hall–Kier alpha value is -0.380. The fourth-order valence-corrected chi connectivity index (χ4v) is 3.35. The van der Waals surface area contributed by atoms with Gasteiger partial charge in [0.25, 0.3) is 0 Å². The highest BCUT2D eigenvalue weighted by Gasteiger charge is 2.28. The normalized spacial score (nSPS) is 18.8. The first-order valence-electron chi connectivity index (χ1n) is 6.31. The number of hydrogen-bond acceptors (Lipinski definition) is 3. The molecule has 1 atom stereocenters. The average Bonchev–Trinajstić information content (AvgIpc) is 2.70. The van der Waals surface area contributed by atoms with Crippen molar-refractivity contribution in [3.05, 3.63) is 21.9 Å². The molecule has 0 aliphatic carbocycles. The molecular weight excluding hydrogens is 216 g/mol. The number of nitrogens with one attached hydrogen (secondary N) is 1. The molecule has 16 heavy (non-hydrogen) atoms. The van der Waals surface area contributed by atoms with Crippen molar-refractivity contribution in [3.8, 4) is 0 Å². The van der Waals surface area contributed by atoms with Crippen molar-refractivity contribution in [2.24, 2.45) is 0 Å². The molecule has 0 aromatic carbocycles. The molecule has 2 heterocycles. The lowest BCUT2D eigenvalue weighted by atomic mass is 10.1. The Morgan fingerprint density at radius 2 is 2.19 bits per heavy atom. The molecule has 1 saturated heterocycles. The number of hydrogen-bond donors (Lipinski definition) is 1. The summed E-state index contributed by atoms with van der Waals surface area (Å²) < 4.78 is 0. The number of likely N-dealkylation sites (N-methyl/N-ethyl adjacent to an activating group) is 1. The summed E-state index contributed by atoms with van der Waals surface area (Å²) in [6.45, 7) is 10.3. The Balaban J connectivity index is 2.06. The minimum absolute atomic E-state index is 0.572. The maximum absolute atomic E-state index is 3.36. The molecule has 2 nitrogen and oxygen atoms in total. The lowest BCUT2D eigenvalue weighted by molar-refractivity contribution is 0.111. The first kappa shape index (κ1) is 12.1. The van der Waals surface area contributed by atoms with Gasteiger partial charge in [0.1, 0.15) is 0 Å². The van der Waals surface area contributed by atoms with Gasteiger partial charge in [-0.3, -0.25) is 4.90 Å². The maximum atomic E-state index is 3.36. The van der Waals surface area contributed by atoms with Gasteiger partial charge in [0.2, 0.25) is 0 Å². The molecule has 0 spiro atoms. The number of nitrogens with zero attached hydrogens (tertiary/aromatic N) is 1. The van der Waals surface area contributed by atoms with E-state index in [9.17, 15) is 0 Å². The molecule has 0 amide bonds. The van der Waals surface area contributed by atoms with E-state index in [1.54, 1.807) is 0 Å². The predicted octanol–water partition coefficient (Wildman–Crippen LogP) is 2.67. The Morgan fingerprint density at radius 1 is 1.44 bits per heavy atom. The molecule has 1 aliphatic rings. The SMILES string of the molecule is CCc1ccc(C(C)N(CC)C2CNC2)s1. The second-order valence-corrected chi connectivity index (χ2v) is 5.68. The van der Waals surface area contributed by atoms with Gasteiger partial charge >= 0.3 is 0 Å². The van der Waals surface area contributed by atoms with Crippen LogP contribution in [0.1, 0.15) is 36.6 Å². The molecule has 1 aromatic rings. The van der Waals surface area contributed by atoms with Crippen LogP contribution in [0.4, 0.5) is 0 Å². The Morgan fingerprint density at radius 3 is 2.62 bits per heavy atom. The fourth-order valence-electron chi connectivity index (χ4n) is 2.33. The molecule has 1 aromatic heterocycles. The quantitative estimate of drug-likeness (QED) is 0.848. The smallest absolute Gasteiger partial charge is 0.0417 e. The molecule has 0 saturated carbocycles. The highest BCUT2D eigenvalue weighted by Crippen LogP contribution is 2.29. The third-order valence-corrected chi connectivity index (χ3v) is 4.93. The summed E-state index contributed by atoms with van der Waals surface area (Å²) in [5, 5.41) is 3.36. The Labute approximate surface area is 103 Å². The van der Waals surface area contributed by atoms with Crippen LogP contribution in [0.5, 0.6) is 0 Å². The van der Waals surface area contributed by atoms with E-state index in [-0.39, 0.29) is 0 Å². The summed E-state index contributed by atoms with van der Waals surface area (Å²) in [5.74, 6) is 0. The summed E-state index contributed by atoms with van der Waals surface area (Å²) in [5.41, 5.74) is 0. The van der Waals surface area contributed by atoms with Gasteiger partial charge in [0, 0.05) is 34.9 Å². The fraction of sp³-hybridized carbons (Fsp3) is 0.692. The van der Waals surface area contributed by atoms with E-state index in [4.69, 9.17) is 0 Å². The molecule has 1 aliphatic heterocycles. The molecule has 3 heteroatoms. The van der Waals surface area contributed by atoms with Crippen molar-refractivity contribution in [2.75, 3.05) is 19.6 Å². The number of rotatable bonds is 5. The second-order valence-electron chi connectivity index (χ2n) is 4.48. The zero-order chi connectivity index (χ0) is 11.5. The van der Waals surface area contributed by atoms with Crippen LogP contribution in [0.3, 0.4) is 0 Å². The topological polar surface area (TPSA) is 15.3 Å². The molecular formula is C13H22N2S. The lowest BCUT2D eigenvalue weighted by Crippen LogP contribution is -2.57. The predicted molar refractivity (Wildman–Crippen MR) is 71.1 cm³/mol. The van der Waals surface area contributed by atoms with E-state index in [1.807, 2.05) is 11.3 Å². The Kier molecular flexibility index (Phi) is 4.00. The second kappa shape index (κ2) is 5.30. The zero-order valence-corrected chi connectivity index (χ0v) is 11.3. The summed E-state index contributed by atoms with van der Waals surface area (Å²) in [4.78, 5) is 5.64. The van der Waals surface area contributed by atoms with Crippen LogP contribution in [0.2, 0.25) is 0 Å². The van der Waals surface area contributed by atoms with E-state index in [0.29, 0.717) is 6.04 Å². The van der Waals surface area contributed by atoms with Crippen molar-refractivity contribution in [2.45, 2.75) is 39.3 Å². The highest BCUT2D eigenvalue weighted by atomic mass is 32.1.